The van der Waals surface area contributed by atoms with E-state index in [-0.39, 0.29) is 5.84 Å². The molecule has 94 valence electrons. The third kappa shape index (κ3) is 2.96. The Labute approximate surface area is 103 Å². The molecule has 0 saturated carbocycles. The maximum absolute atomic E-state index is 7.70. The van der Waals surface area contributed by atoms with E-state index >= 15 is 0 Å². The zero-order valence-electron chi connectivity index (χ0n) is 11.2. The number of aryl methyl sites for hydroxylation is 2. The zero-order chi connectivity index (χ0) is 13.0. The monoisotopic (exact) mass is 234 g/mol. The summed E-state index contributed by atoms with van der Waals surface area (Å²) >= 11 is 0. The summed E-state index contributed by atoms with van der Waals surface area (Å²) in [4.78, 5) is 6.63. The van der Waals surface area contributed by atoms with Crippen molar-refractivity contribution in [3.8, 4) is 0 Å². The van der Waals surface area contributed by atoms with Gasteiger partial charge in [0.25, 0.3) is 0 Å². The van der Waals surface area contributed by atoms with Crippen LogP contribution < -0.4 is 10.6 Å². The average molecular weight is 234 g/mol. The number of anilines is 1. The zero-order valence-corrected chi connectivity index (χ0v) is 11.2. The van der Waals surface area contributed by atoms with Crippen molar-refractivity contribution in [2.24, 2.45) is 5.73 Å². The highest BCUT2D eigenvalue weighted by atomic mass is 15.1. The van der Waals surface area contributed by atoms with Crippen molar-refractivity contribution in [3.63, 3.8) is 0 Å². The van der Waals surface area contributed by atoms with Gasteiger partial charge in [-0.3, -0.25) is 10.4 Å². The summed E-state index contributed by atoms with van der Waals surface area (Å²) in [6.07, 6.45) is 1.08. The van der Waals surface area contributed by atoms with E-state index in [0.717, 1.165) is 42.1 Å². The van der Waals surface area contributed by atoms with E-state index in [1.54, 1.807) is 0 Å². The van der Waals surface area contributed by atoms with Crippen molar-refractivity contribution in [1.82, 2.24) is 4.98 Å². The van der Waals surface area contributed by atoms with Gasteiger partial charge in [-0.15, -0.1) is 0 Å². The number of hydrogen-bond donors (Lipinski definition) is 2. The molecule has 0 atom stereocenters. The first-order chi connectivity index (χ1) is 8.01. The number of rotatable bonds is 5. The highest BCUT2D eigenvalue weighted by Gasteiger charge is 2.15. The summed E-state index contributed by atoms with van der Waals surface area (Å²) in [7, 11) is 0. The van der Waals surface area contributed by atoms with Crippen molar-refractivity contribution in [2.75, 3.05) is 18.0 Å². The molecule has 3 N–H and O–H groups in total. The normalized spacial score (nSPS) is 10.4. The van der Waals surface area contributed by atoms with E-state index in [0.29, 0.717) is 0 Å². The van der Waals surface area contributed by atoms with Crippen LogP contribution in [0.5, 0.6) is 0 Å². The van der Waals surface area contributed by atoms with E-state index < -0.39 is 0 Å². The van der Waals surface area contributed by atoms with Crippen LogP contribution >= 0.6 is 0 Å². The summed E-state index contributed by atoms with van der Waals surface area (Å²) in [6.45, 7) is 10.0. The molecule has 1 rings (SSSR count). The first-order valence-corrected chi connectivity index (χ1v) is 6.08. The topological polar surface area (TPSA) is 66.0 Å². The summed E-state index contributed by atoms with van der Waals surface area (Å²) in [5.41, 5.74) is 9.28. The van der Waals surface area contributed by atoms with Crippen LogP contribution in [0.3, 0.4) is 0 Å². The highest BCUT2D eigenvalue weighted by molar-refractivity contribution is 6.01. The molecule has 0 bridgehead atoms. The molecular formula is C13H22N4. The molecule has 0 aliphatic heterocycles. The number of amidine groups is 1. The third-order valence-corrected chi connectivity index (χ3v) is 2.79. The van der Waals surface area contributed by atoms with Gasteiger partial charge in [0.1, 0.15) is 5.84 Å². The number of nitrogens with two attached hydrogens (primary N) is 1. The molecule has 4 nitrogen and oxygen atoms in total. The van der Waals surface area contributed by atoms with Crippen LogP contribution in [0.4, 0.5) is 5.69 Å². The maximum Gasteiger partial charge on any atom is 0.126 e. The minimum absolute atomic E-state index is 0.0968. The number of pyridine rings is 1. The van der Waals surface area contributed by atoms with E-state index in [1.165, 1.54) is 0 Å². The largest absolute Gasteiger partial charge is 0.384 e. The molecule has 0 aliphatic carbocycles. The van der Waals surface area contributed by atoms with Crippen molar-refractivity contribution in [2.45, 2.75) is 34.1 Å². The Kier molecular flexibility index (Phi) is 4.49. The van der Waals surface area contributed by atoms with Gasteiger partial charge in [-0.2, -0.15) is 0 Å². The highest BCUT2D eigenvalue weighted by Crippen LogP contribution is 2.23. The molecule has 0 aliphatic rings. The summed E-state index contributed by atoms with van der Waals surface area (Å²) in [5, 5.41) is 7.70. The molecule has 1 heterocycles. The van der Waals surface area contributed by atoms with Crippen LogP contribution in [-0.4, -0.2) is 23.9 Å². The molecule has 0 fully saturated rings. The lowest BCUT2D eigenvalue weighted by Crippen LogP contribution is -2.28. The Balaban J connectivity index is 3.32. The molecule has 1 aromatic heterocycles. The van der Waals surface area contributed by atoms with Gasteiger partial charge >= 0.3 is 0 Å². The third-order valence-electron chi connectivity index (χ3n) is 2.79. The van der Waals surface area contributed by atoms with E-state index in [2.05, 4.69) is 23.7 Å². The van der Waals surface area contributed by atoms with Crippen LogP contribution in [0.15, 0.2) is 6.07 Å². The number of nitrogen functional groups attached to an aromatic ring is 1. The number of hydrogen-bond acceptors (Lipinski definition) is 3. The van der Waals surface area contributed by atoms with Crippen LogP contribution in [0.25, 0.3) is 0 Å². The van der Waals surface area contributed by atoms with Gasteiger partial charge in [-0.1, -0.05) is 6.92 Å². The van der Waals surface area contributed by atoms with Crippen molar-refractivity contribution in [3.05, 3.63) is 23.0 Å². The van der Waals surface area contributed by atoms with Crippen molar-refractivity contribution < 1.29 is 0 Å². The summed E-state index contributed by atoms with van der Waals surface area (Å²) < 4.78 is 0. The number of aromatic nitrogens is 1. The smallest absolute Gasteiger partial charge is 0.126 e. The molecule has 0 saturated heterocycles. The Morgan fingerprint density at radius 1 is 1.41 bits per heavy atom. The molecule has 4 heteroatoms. The Hall–Kier alpha value is -1.58. The van der Waals surface area contributed by atoms with Crippen LogP contribution in [0.1, 0.15) is 37.2 Å². The van der Waals surface area contributed by atoms with Crippen molar-refractivity contribution >= 4 is 11.5 Å². The van der Waals surface area contributed by atoms with Crippen molar-refractivity contribution in [1.29, 1.82) is 5.41 Å². The summed E-state index contributed by atoms with van der Waals surface area (Å²) in [6, 6.07) is 2.02. The van der Waals surface area contributed by atoms with E-state index in [1.807, 2.05) is 19.9 Å². The van der Waals surface area contributed by atoms with E-state index in [9.17, 15) is 0 Å². The second-order valence-electron chi connectivity index (χ2n) is 4.24. The Morgan fingerprint density at radius 3 is 2.53 bits per heavy atom. The fourth-order valence-electron chi connectivity index (χ4n) is 2.11. The van der Waals surface area contributed by atoms with Crippen LogP contribution in [0, 0.1) is 19.3 Å². The molecule has 1 aromatic rings. The van der Waals surface area contributed by atoms with Gasteiger partial charge in [0.2, 0.25) is 0 Å². The van der Waals surface area contributed by atoms with Gasteiger partial charge in [-0.25, -0.2) is 0 Å². The standard InChI is InChI=1S/C13H22N4/c1-5-7-17(6-2)11-8-9(3)16-10(4)12(11)13(14)15/h8H,5-7H2,1-4H3,(H3,14,15). The minimum Gasteiger partial charge on any atom is -0.384 e. The number of nitrogens with zero attached hydrogens (tertiary/aromatic N) is 2. The molecule has 0 unspecified atom stereocenters. The fourth-order valence-corrected chi connectivity index (χ4v) is 2.11. The molecular weight excluding hydrogens is 212 g/mol. The predicted octanol–water partition coefficient (Wildman–Crippen LogP) is 2.22. The minimum atomic E-state index is 0.0968. The average Bonchev–Trinajstić information content (AvgIpc) is 2.23. The number of nitrogens with one attached hydrogen (secondary N) is 1. The lowest BCUT2D eigenvalue weighted by molar-refractivity contribution is 0.788. The molecule has 0 radical (unpaired) electrons. The van der Waals surface area contributed by atoms with Gasteiger partial charge in [0.15, 0.2) is 0 Å². The summed E-state index contributed by atoms with van der Waals surface area (Å²) in [5.74, 6) is 0.0968. The molecule has 0 spiro atoms. The Bertz CT molecular complexity index is 412. The van der Waals surface area contributed by atoms with Gasteiger partial charge in [0.05, 0.1) is 16.9 Å². The van der Waals surface area contributed by atoms with Crippen LogP contribution in [0.2, 0.25) is 0 Å². The molecule has 0 amide bonds. The lowest BCUT2D eigenvalue weighted by atomic mass is 10.1. The first kappa shape index (κ1) is 13.5. The molecule has 17 heavy (non-hydrogen) atoms. The Morgan fingerprint density at radius 2 is 2.06 bits per heavy atom. The van der Waals surface area contributed by atoms with Gasteiger partial charge in [-0.05, 0) is 33.3 Å². The SMILES string of the molecule is CCCN(CC)c1cc(C)nc(C)c1C(=N)N. The second-order valence-corrected chi connectivity index (χ2v) is 4.24. The van der Waals surface area contributed by atoms with Gasteiger partial charge < -0.3 is 10.6 Å². The van der Waals surface area contributed by atoms with E-state index in [4.69, 9.17) is 11.1 Å². The van der Waals surface area contributed by atoms with Gasteiger partial charge in [0, 0.05) is 18.8 Å². The predicted molar refractivity (Wildman–Crippen MR) is 72.9 cm³/mol. The lowest BCUT2D eigenvalue weighted by Gasteiger charge is -2.26. The second kappa shape index (κ2) is 5.66. The maximum atomic E-state index is 7.70. The first-order valence-electron chi connectivity index (χ1n) is 6.08. The quantitative estimate of drug-likeness (QED) is 0.606. The van der Waals surface area contributed by atoms with Crippen LogP contribution in [-0.2, 0) is 0 Å². The fraction of sp³-hybridized carbons (Fsp3) is 0.538. The molecule has 0 aromatic carbocycles.